The quantitative estimate of drug-likeness (QED) is 0.239. The Morgan fingerprint density at radius 3 is 2.88 bits per heavy atom. The topological polar surface area (TPSA) is 62.4 Å². The fourth-order valence-electron chi connectivity index (χ4n) is 1.33. The van der Waals surface area contributed by atoms with Crippen LogP contribution in [0, 0.1) is 6.92 Å². The lowest BCUT2D eigenvalue weighted by molar-refractivity contribution is 0.801. The van der Waals surface area contributed by atoms with Crippen molar-refractivity contribution in [1.29, 1.82) is 0 Å². The summed E-state index contributed by atoms with van der Waals surface area (Å²) in [6.07, 6.45) is 2.20. The number of nitrogens with two attached hydrogens (primary N) is 1. The Morgan fingerprint density at radius 2 is 2.25 bits per heavy atom. The summed E-state index contributed by atoms with van der Waals surface area (Å²) in [6, 6.07) is 8.08. The molecule has 16 heavy (non-hydrogen) atoms. The third-order valence-corrected chi connectivity index (χ3v) is 2.20. The number of hydrogen-bond acceptors (Lipinski definition) is 2. The van der Waals surface area contributed by atoms with Crippen LogP contribution in [0.15, 0.2) is 29.3 Å². The summed E-state index contributed by atoms with van der Waals surface area (Å²) < 4.78 is 0. The first-order valence-corrected chi connectivity index (χ1v) is 5.61. The van der Waals surface area contributed by atoms with Crippen molar-refractivity contribution >= 4 is 11.6 Å². The fourth-order valence-corrected chi connectivity index (χ4v) is 1.33. The number of rotatable bonds is 4. The molecule has 4 heteroatoms. The molecule has 1 rings (SSSR count). The van der Waals surface area contributed by atoms with Crippen LogP contribution in [0.2, 0.25) is 0 Å². The van der Waals surface area contributed by atoms with Gasteiger partial charge in [-0.05, 0) is 31.0 Å². The molecule has 0 aromatic heterocycles. The number of nitrogens with one attached hydrogen (secondary N) is 2. The van der Waals surface area contributed by atoms with Gasteiger partial charge in [-0.2, -0.15) is 0 Å². The Balaban J connectivity index is 2.59. The van der Waals surface area contributed by atoms with Gasteiger partial charge >= 0.3 is 0 Å². The molecule has 0 aliphatic heterocycles. The van der Waals surface area contributed by atoms with Crippen molar-refractivity contribution in [2.45, 2.75) is 26.7 Å². The molecule has 0 amide bonds. The van der Waals surface area contributed by atoms with Gasteiger partial charge in [-0.1, -0.05) is 25.5 Å². The first-order valence-electron chi connectivity index (χ1n) is 5.61. The fraction of sp³-hybridized carbons (Fsp3) is 0.417. The minimum Gasteiger partial charge on any atom is -0.325 e. The molecule has 1 aromatic carbocycles. The number of hydrogen-bond donors (Lipinski definition) is 3. The van der Waals surface area contributed by atoms with Gasteiger partial charge in [0, 0.05) is 12.2 Å². The molecule has 0 fully saturated rings. The molecule has 4 nitrogen and oxygen atoms in total. The third-order valence-electron chi connectivity index (χ3n) is 2.20. The van der Waals surface area contributed by atoms with Crippen molar-refractivity contribution in [2.24, 2.45) is 10.8 Å². The number of hydrazine groups is 1. The maximum Gasteiger partial charge on any atom is 0.210 e. The molecule has 0 aliphatic carbocycles. The van der Waals surface area contributed by atoms with Crippen LogP contribution < -0.4 is 16.6 Å². The lowest BCUT2D eigenvalue weighted by Crippen LogP contribution is -2.36. The Morgan fingerprint density at radius 1 is 1.44 bits per heavy atom. The maximum atomic E-state index is 5.40. The number of aryl methyl sites for hydroxylation is 1. The van der Waals surface area contributed by atoms with Crippen molar-refractivity contribution in [3.05, 3.63) is 29.8 Å². The highest BCUT2D eigenvalue weighted by Gasteiger charge is 1.97. The summed E-state index contributed by atoms with van der Waals surface area (Å²) in [5, 5.41) is 3.14. The first kappa shape index (κ1) is 12.5. The minimum atomic E-state index is 0.610. The number of aliphatic imine (C=N–C) groups is 1. The van der Waals surface area contributed by atoms with E-state index in [9.17, 15) is 0 Å². The lowest BCUT2D eigenvalue weighted by atomic mass is 10.2. The molecule has 0 radical (unpaired) electrons. The van der Waals surface area contributed by atoms with Gasteiger partial charge in [0.15, 0.2) is 0 Å². The Kier molecular flexibility index (Phi) is 5.36. The van der Waals surface area contributed by atoms with Crippen LogP contribution in [-0.4, -0.2) is 12.5 Å². The third kappa shape index (κ3) is 4.31. The molecule has 0 atom stereocenters. The van der Waals surface area contributed by atoms with Gasteiger partial charge in [-0.25, -0.2) is 5.84 Å². The second kappa shape index (κ2) is 6.85. The van der Waals surface area contributed by atoms with Crippen LogP contribution >= 0.6 is 0 Å². The number of nitrogens with zero attached hydrogens (tertiary/aromatic N) is 1. The SMILES string of the molecule is CCCCN=C(NN)Nc1cccc(C)c1. The molecule has 1 aromatic rings. The van der Waals surface area contributed by atoms with E-state index in [1.807, 2.05) is 18.2 Å². The predicted molar refractivity (Wildman–Crippen MR) is 69.3 cm³/mol. The normalized spacial score (nSPS) is 11.3. The average molecular weight is 220 g/mol. The lowest BCUT2D eigenvalue weighted by Gasteiger charge is -2.09. The van der Waals surface area contributed by atoms with Crippen molar-refractivity contribution in [1.82, 2.24) is 5.43 Å². The van der Waals surface area contributed by atoms with Gasteiger partial charge in [-0.3, -0.25) is 10.4 Å². The second-order valence-electron chi connectivity index (χ2n) is 3.72. The molecule has 0 saturated carbocycles. The Hall–Kier alpha value is -1.55. The van der Waals surface area contributed by atoms with E-state index in [4.69, 9.17) is 5.84 Å². The summed E-state index contributed by atoms with van der Waals surface area (Å²) >= 11 is 0. The van der Waals surface area contributed by atoms with Gasteiger partial charge in [-0.15, -0.1) is 0 Å². The number of unbranched alkanes of at least 4 members (excludes halogenated alkanes) is 1. The van der Waals surface area contributed by atoms with Crippen molar-refractivity contribution in [3.8, 4) is 0 Å². The first-order chi connectivity index (χ1) is 7.76. The van der Waals surface area contributed by atoms with Crippen molar-refractivity contribution in [3.63, 3.8) is 0 Å². The molecular weight excluding hydrogens is 200 g/mol. The molecule has 0 spiro atoms. The summed E-state index contributed by atoms with van der Waals surface area (Å²) in [5.74, 6) is 6.01. The van der Waals surface area contributed by atoms with Crippen LogP contribution in [-0.2, 0) is 0 Å². The molecule has 0 heterocycles. The summed E-state index contributed by atoms with van der Waals surface area (Å²) in [7, 11) is 0. The number of anilines is 1. The molecule has 0 unspecified atom stereocenters. The van der Waals surface area contributed by atoms with Crippen LogP contribution in [0.5, 0.6) is 0 Å². The molecule has 88 valence electrons. The Bertz CT molecular complexity index is 347. The van der Waals surface area contributed by atoms with Crippen molar-refractivity contribution < 1.29 is 0 Å². The van der Waals surface area contributed by atoms with E-state index in [2.05, 4.69) is 35.6 Å². The number of benzene rings is 1. The zero-order valence-corrected chi connectivity index (χ0v) is 9.96. The molecule has 0 bridgehead atoms. The van der Waals surface area contributed by atoms with E-state index in [-0.39, 0.29) is 0 Å². The molecule has 0 aliphatic rings. The van der Waals surface area contributed by atoms with E-state index in [0.717, 1.165) is 25.1 Å². The monoisotopic (exact) mass is 220 g/mol. The van der Waals surface area contributed by atoms with E-state index in [1.165, 1.54) is 5.56 Å². The highest BCUT2D eigenvalue weighted by molar-refractivity contribution is 5.93. The van der Waals surface area contributed by atoms with E-state index in [1.54, 1.807) is 0 Å². The van der Waals surface area contributed by atoms with Crippen LogP contribution in [0.4, 0.5) is 5.69 Å². The average Bonchev–Trinajstić information content (AvgIpc) is 2.28. The summed E-state index contributed by atoms with van der Waals surface area (Å²) in [5.41, 5.74) is 4.77. The van der Waals surface area contributed by atoms with Gasteiger partial charge in [0.2, 0.25) is 5.96 Å². The zero-order valence-electron chi connectivity index (χ0n) is 9.96. The zero-order chi connectivity index (χ0) is 11.8. The second-order valence-corrected chi connectivity index (χ2v) is 3.72. The van der Waals surface area contributed by atoms with Gasteiger partial charge in [0.25, 0.3) is 0 Å². The predicted octanol–water partition coefficient (Wildman–Crippen LogP) is 2.03. The van der Waals surface area contributed by atoms with Crippen molar-refractivity contribution in [2.75, 3.05) is 11.9 Å². The van der Waals surface area contributed by atoms with Gasteiger partial charge < -0.3 is 5.32 Å². The largest absolute Gasteiger partial charge is 0.325 e. The van der Waals surface area contributed by atoms with E-state index >= 15 is 0 Å². The van der Waals surface area contributed by atoms with Gasteiger partial charge in [0.1, 0.15) is 0 Å². The molecule has 0 saturated heterocycles. The number of guanidine groups is 1. The smallest absolute Gasteiger partial charge is 0.210 e. The molecular formula is C12H20N4. The molecule has 4 N–H and O–H groups in total. The highest BCUT2D eigenvalue weighted by atomic mass is 15.3. The van der Waals surface area contributed by atoms with Crippen LogP contribution in [0.25, 0.3) is 0 Å². The van der Waals surface area contributed by atoms with Crippen LogP contribution in [0.1, 0.15) is 25.3 Å². The summed E-state index contributed by atoms with van der Waals surface area (Å²) in [6.45, 7) is 4.98. The highest BCUT2D eigenvalue weighted by Crippen LogP contribution is 2.08. The van der Waals surface area contributed by atoms with E-state index in [0.29, 0.717) is 5.96 Å². The summed E-state index contributed by atoms with van der Waals surface area (Å²) in [4.78, 5) is 4.33. The maximum absolute atomic E-state index is 5.40. The minimum absolute atomic E-state index is 0.610. The standard InChI is InChI=1S/C12H20N4/c1-3-4-8-14-12(16-13)15-11-7-5-6-10(2)9-11/h5-7,9H,3-4,8,13H2,1-2H3,(H2,14,15,16). The Labute approximate surface area is 96.9 Å². The van der Waals surface area contributed by atoms with Crippen LogP contribution in [0.3, 0.4) is 0 Å². The van der Waals surface area contributed by atoms with Gasteiger partial charge in [0.05, 0.1) is 0 Å². The van der Waals surface area contributed by atoms with E-state index < -0.39 is 0 Å².